The third kappa shape index (κ3) is 4.13. The minimum atomic E-state index is -0.187. The molecule has 0 saturated carbocycles. The number of carbonyl (C=O) groups is 2. The van der Waals surface area contributed by atoms with E-state index in [9.17, 15) is 9.59 Å². The summed E-state index contributed by atoms with van der Waals surface area (Å²) in [6.45, 7) is 6.03. The molecule has 1 N–H and O–H groups in total. The van der Waals surface area contributed by atoms with Crippen LogP contribution in [0.3, 0.4) is 0 Å². The minimum absolute atomic E-state index is 0.0456. The van der Waals surface area contributed by atoms with E-state index in [2.05, 4.69) is 19.2 Å². The monoisotopic (exact) mass is 395 g/mol. The van der Waals surface area contributed by atoms with Gasteiger partial charge in [-0.3, -0.25) is 9.69 Å². The van der Waals surface area contributed by atoms with E-state index >= 15 is 0 Å². The van der Waals surface area contributed by atoms with Crippen molar-refractivity contribution in [1.82, 2.24) is 10.2 Å². The zero-order valence-corrected chi connectivity index (χ0v) is 16.7. The Labute approximate surface area is 170 Å². The molecule has 0 atom stereocenters. The topological polar surface area (TPSA) is 71.1 Å². The summed E-state index contributed by atoms with van der Waals surface area (Å²) in [5, 5.41) is 2.86. The van der Waals surface area contributed by atoms with Gasteiger partial charge in [-0.05, 0) is 41.3 Å². The van der Waals surface area contributed by atoms with E-state index in [1.165, 1.54) is 5.56 Å². The number of benzene rings is 2. The predicted molar refractivity (Wildman–Crippen MR) is 109 cm³/mol. The Morgan fingerprint density at radius 3 is 2.59 bits per heavy atom. The van der Waals surface area contributed by atoms with Gasteiger partial charge in [-0.2, -0.15) is 0 Å². The number of nitrogens with zero attached hydrogens (tertiary/aromatic N) is 2. The number of ether oxygens (including phenoxy) is 2. The number of rotatable bonds is 6. The third-order valence-electron chi connectivity index (χ3n) is 5.23. The zero-order valence-electron chi connectivity index (χ0n) is 16.7. The van der Waals surface area contributed by atoms with E-state index in [-0.39, 0.29) is 25.3 Å². The first-order valence-corrected chi connectivity index (χ1v) is 9.83. The van der Waals surface area contributed by atoms with E-state index in [4.69, 9.17) is 9.47 Å². The van der Waals surface area contributed by atoms with Crippen LogP contribution in [0, 0.1) is 0 Å². The largest absolute Gasteiger partial charge is 0.454 e. The van der Waals surface area contributed by atoms with Crippen LogP contribution in [-0.2, 0) is 11.3 Å². The van der Waals surface area contributed by atoms with Crippen molar-refractivity contribution < 1.29 is 19.1 Å². The van der Waals surface area contributed by atoms with Gasteiger partial charge >= 0.3 is 6.03 Å². The van der Waals surface area contributed by atoms with Gasteiger partial charge in [-0.25, -0.2) is 4.79 Å². The number of anilines is 1. The number of carbonyl (C=O) groups excluding carboxylic acids is 2. The molecule has 0 aromatic heterocycles. The second-order valence-corrected chi connectivity index (χ2v) is 7.57. The Bertz CT molecular complexity index is 911. The molecule has 1 saturated heterocycles. The molecule has 0 aliphatic carbocycles. The van der Waals surface area contributed by atoms with Crippen molar-refractivity contribution in [2.45, 2.75) is 26.3 Å². The summed E-state index contributed by atoms with van der Waals surface area (Å²) in [5.74, 6) is 1.66. The van der Waals surface area contributed by atoms with Crippen molar-refractivity contribution in [3.05, 3.63) is 53.6 Å². The average Bonchev–Trinajstić information content (AvgIpc) is 3.33. The highest BCUT2D eigenvalue weighted by molar-refractivity contribution is 5.96. The van der Waals surface area contributed by atoms with Crippen LogP contribution < -0.4 is 19.7 Å². The van der Waals surface area contributed by atoms with E-state index in [0.717, 1.165) is 11.3 Å². The van der Waals surface area contributed by atoms with Crippen LogP contribution in [0.25, 0.3) is 0 Å². The van der Waals surface area contributed by atoms with Crippen molar-refractivity contribution in [2.24, 2.45) is 0 Å². The SMILES string of the molecule is CC(C)c1ccc(N2CCN(CC(=O)NCc3ccc4c(c3)OCO4)C2=O)cc1. The average molecular weight is 395 g/mol. The number of urea groups is 1. The van der Waals surface area contributed by atoms with Crippen molar-refractivity contribution in [2.75, 3.05) is 31.3 Å². The minimum Gasteiger partial charge on any atom is -0.454 e. The number of hydrogen-bond acceptors (Lipinski definition) is 4. The van der Waals surface area contributed by atoms with Gasteiger partial charge < -0.3 is 19.7 Å². The second kappa shape index (κ2) is 8.03. The Balaban J connectivity index is 1.30. The summed E-state index contributed by atoms with van der Waals surface area (Å²) in [6.07, 6.45) is 0. The molecule has 3 amide bonds. The standard InChI is InChI=1S/C22H25N3O4/c1-15(2)17-4-6-18(7-5-17)25-10-9-24(22(25)27)13-21(26)23-12-16-3-8-19-20(11-16)29-14-28-19/h3-8,11,15H,9-10,12-14H2,1-2H3,(H,23,26). The Morgan fingerprint density at radius 2 is 1.83 bits per heavy atom. The lowest BCUT2D eigenvalue weighted by Gasteiger charge is -2.19. The maximum Gasteiger partial charge on any atom is 0.325 e. The van der Waals surface area contributed by atoms with Gasteiger partial charge in [-0.1, -0.05) is 32.0 Å². The lowest BCUT2D eigenvalue weighted by Crippen LogP contribution is -2.39. The van der Waals surface area contributed by atoms with Crippen LogP contribution >= 0.6 is 0 Å². The fourth-order valence-corrected chi connectivity index (χ4v) is 3.49. The second-order valence-electron chi connectivity index (χ2n) is 7.57. The first-order valence-electron chi connectivity index (χ1n) is 9.83. The summed E-state index contributed by atoms with van der Waals surface area (Å²) < 4.78 is 10.6. The highest BCUT2D eigenvalue weighted by atomic mass is 16.7. The molecule has 2 aromatic rings. The summed E-state index contributed by atoms with van der Waals surface area (Å²) in [7, 11) is 0. The normalized spacial score (nSPS) is 15.3. The lowest BCUT2D eigenvalue weighted by atomic mass is 10.0. The summed E-state index contributed by atoms with van der Waals surface area (Å²) in [6, 6.07) is 13.5. The van der Waals surface area contributed by atoms with Crippen LogP contribution in [0.2, 0.25) is 0 Å². The third-order valence-corrected chi connectivity index (χ3v) is 5.23. The van der Waals surface area contributed by atoms with Crippen LogP contribution in [-0.4, -0.2) is 43.3 Å². The number of hydrogen-bond donors (Lipinski definition) is 1. The van der Waals surface area contributed by atoms with Crippen molar-refractivity contribution in [1.29, 1.82) is 0 Å². The van der Waals surface area contributed by atoms with Gasteiger partial charge in [-0.15, -0.1) is 0 Å². The first kappa shape index (κ1) is 19.1. The molecule has 0 bridgehead atoms. The van der Waals surface area contributed by atoms with E-state index in [1.807, 2.05) is 42.5 Å². The van der Waals surface area contributed by atoms with Gasteiger partial charge in [0.25, 0.3) is 0 Å². The summed E-state index contributed by atoms with van der Waals surface area (Å²) in [4.78, 5) is 28.3. The number of amides is 3. The summed E-state index contributed by atoms with van der Waals surface area (Å²) >= 11 is 0. The molecule has 29 heavy (non-hydrogen) atoms. The van der Waals surface area contributed by atoms with Gasteiger partial charge in [0.15, 0.2) is 11.5 Å². The molecule has 7 heteroatoms. The fourth-order valence-electron chi connectivity index (χ4n) is 3.49. The Morgan fingerprint density at radius 1 is 1.07 bits per heavy atom. The lowest BCUT2D eigenvalue weighted by molar-refractivity contribution is -0.121. The summed E-state index contributed by atoms with van der Waals surface area (Å²) in [5.41, 5.74) is 3.02. The van der Waals surface area contributed by atoms with Crippen molar-refractivity contribution in [3.63, 3.8) is 0 Å². The van der Waals surface area contributed by atoms with E-state index in [0.29, 0.717) is 37.1 Å². The molecule has 2 aromatic carbocycles. The van der Waals surface area contributed by atoms with Gasteiger partial charge in [0.2, 0.25) is 12.7 Å². The van der Waals surface area contributed by atoms with Crippen LogP contribution in [0.5, 0.6) is 11.5 Å². The maximum absolute atomic E-state index is 12.7. The first-order chi connectivity index (χ1) is 14.0. The highest BCUT2D eigenvalue weighted by Gasteiger charge is 2.30. The molecule has 0 unspecified atom stereocenters. The van der Waals surface area contributed by atoms with E-state index < -0.39 is 0 Å². The van der Waals surface area contributed by atoms with Crippen molar-refractivity contribution in [3.8, 4) is 11.5 Å². The molecular weight excluding hydrogens is 370 g/mol. The Kier molecular flexibility index (Phi) is 5.29. The smallest absolute Gasteiger partial charge is 0.325 e. The van der Waals surface area contributed by atoms with Crippen LogP contribution in [0.15, 0.2) is 42.5 Å². The fraction of sp³-hybridized carbons (Fsp3) is 0.364. The molecule has 7 nitrogen and oxygen atoms in total. The van der Waals surface area contributed by atoms with Crippen LogP contribution in [0.4, 0.5) is 10.5 Å². The van der Waals surface area contributed by atoms with Crippen LogP contribution in [0.1, 0.15) is 30.9 Å². The molecule has 1 fully saturated rings. The number of nitrogens with one attached hydrogen (secondary N) is 1. The molecule has 4 rings (SSSR count). The molecule has 2 aliphatic heterocycles. The number of fused-ring (bicyclic) bond motifs is 1. The van der Waals surface area contributed by atoms with Gasteiger partial charge in [0.1, 0.15) is 6.54 Å². The predicted octanol–water partition coefficient (Wildman–Crippen LogP) is 3.10. The quantitative estimate of drug-likeness (QED) is 0.816. The molecular formula is C22H25N3O4. The molecule has 0 spiro atoms. The molecule has 2 aliphatic rings. The molecule has 0 radical (unpaired) electrons. The molecule has 2 heterocycles. The Hall–Kier alpha value is -3.22. The molecule has 152 valence electrons. The van der Waals surface area contributed by atoms with Crippen molar-refractivity contribution >= 4 is 17.6 Å². The van der Waals surface area contributed by atoms with Gasteiger partial charge in [0, 0.05) is 25.3 Å². The highest BCUT2D eigenvalue weighted by Crippen LogP contribution is 2.32. The van der Waals surface area contributed by atoms with Gasteiger partial charge in [0.05, 0.1) is 0 Å². The maximum atomic E-state index is 12.7. The van der Waals surface area contributed by atoms with E-state index in [1.54, 1.807) is 9.80 Å². The zero-order chi connectivity index (χ0) is 20.4.